The van der Waals surface area contributed by atoms with Crippen molar-refractivity contribution < 1.29 is 24.2 Å². The SMILES string of the molecule is O=C1C(=O)N(CCc2ccccc2)[C@@H](c2ccc(Cl)cc2)C1=C(O)c1ccc2c(c1)OCCO2. The molecule has 0 aliphatic carbocycles. The summed E-state index contributed by atoms with van der Waals surface area (Å²) in [5.41, 5.74) is 2.16. The van der Waals surface area contributed by atoms with Gasteiger partial charge in [-0.1, -0.05) is 54.1 Å². The van der Waals surface area contributed by atoms with Gasteiger partial charge in [-0.25, -0.2) is 0 Å². The number of benzene rings is 3. The van der Waals surface area contributed by atoms with Crippen LogP contribution in [0.1, 0.15) is 22.7 Å². The fourth-order valence-corrected chi connectivity index (χ4v) is 4.47. The molecule has 7 heteroatoms. The number of likely N-dealkylation sites (tertiary alicyclic amines) is 1. The van der Waals surface area contributed by atoms with Crippen LogP contribution in [0.4, 0.5) is 0 Å². The molecule has 0 unspecified atom stereocenters. The summed E-state index contributed by atoms with van der Waals surface area (Å²) >= 11 is 6.08. The number of ether oxygens (including phenoxy) is 2. The van der Waals surface area contributed by atoms with Gasteiger partial charge >= 0.3 is 0 Å². The highest BCUT2D eigenvalue weighted by Crippen LogP contribution is 2.41. The van der Waals surface area contributed by atoms with E-state index in [1.165, 1.54) is 4.90 Å². The number of rotatable bonds is 5. The lowest BCUT2D eigenvalue weighted by molar-refractivity contribution is -0.139. The lowest BCUT2D eigenvalue weighted by Gasteiger charge is -2.25. The number of carbonyl (C=O) groups is 2. The third-order valence-corrected chi connectivity index (χ3v) is 6.28. The number of carbonyl (C=O) groups excluding carboxylic acids is 2. The van der Waals surface area contributed by atoms with E-state index in [0.29, 0.717) is 53.8 Å². The number of amides is 1. The molecule has 6 nitrogen and oxygen atoms in total. The van der Waals surface area contributed by atoms with Crippen molar-refractivity contribution in [1.29, 1.82) is 0 Å². The van der Waals surface area contributed by atoms with Crippen LogP contribution in [0.15, 0.2) is 78.4 Å². The molecule has 0 spiro atoms. The molecule has 0 aromatic heterocycles. The second kappa shape index (κ2) is 9.23. The highest BCUT2D eigenvalue weighted by molar-refractivity contribution is 6.46. The summed E-state index contributed by atoms with van der Waals surface area (Å²) in [6.07, 6.45) is 0.571. The summed E-state index contributed by atoms with van der Waals surface area (Å²) in [6, 6.07) is 20.9. The average Bonchev–Trinajstić information content (AvgIpc) is 3.12. The average molecular weight is 476 g/mol. The smallest absolute Gasteiger partial charge is 0.295 e. The Morgan fingerprint density at radius 3 is 2.38 bits per heavy atom. The largest absolute Gasteiger partial charge is 0.507 e. The van der Waals surface area contributed by atoms with Crippen molar-refractivity contribution >= 4 is 29.1 Å². The molecule has 2 aliphatic rings. The maximum absolute atomic E-state index is 13.2. The number of Topliss-reactive ketones (excluding diaryl/α,β-unsaturated/α-hetero) is 1. The van der Waals surface area contributed by atoms with Crippen LogP contribution in [-0.2, 0) is 16.0 Å². The Balaban J connectivity index is 1.57. The predicted octanol–water partition coefficient (Wildman–Crippen LogP) is 4.78. The van der Waals surface area contributed by atoms with Gasteiger partial charge in [-0.2, -0.15) is 0 Å². The normalized spacial score (nSPS) is 18.9. The third kappa shape index (κ3) is 4.13. The van der Waals surface area contributed by atoms with Crippen molar-refractivity contribution in [3.05, 3.63) is 100 Å². The van der Waals surface area contributed by atoms with Gasteiger partial charge in [-0.15, -0.1) is 0 Å². The van der Waals surface area contributed by atoms with E-state index in [2.05, 4.69) is 0 Å². The van der Waals surface area contributed by atoms with Crippen LogP contribution < -0.4 is 9.47 Å². The van der Waals surface area contributed by atoms with Gasteiger partial charge < -0.3 is 19.5 Å². The molecule has 1 atom stereocenters. The number of nitrogens with zero attached hydrogens (tertiary/aromatic N) is 1. The Morgan fingerprint density at radius 1 is 0.941 bits per heavy atom. The molecule has 0 saturated carbocycles. The molecule has 3 aromatic carbocycles. The van der Waals surface area contributed by atoms with Crippen LogP contribution in [0.5, 0.6) is 11.5 Å². The topological polar surface area (TPSA) is 76.1 Å². The van der Waals surface area contributed by atoms with Gasteiger partial charge in [0.1, 0.15) is 19.0 Å². The summed E-state index contributed by atoms with van der Waals surface area (Å²) in [6.45, 7) is 1.16. The van der Waals surface area contributed by atoms with Crippen LogP contribution in [0.25, 0.3) is 5.76 Å². The summed E-state index contributed by atoms with van der Waals surface area (Å²) < 4.78 is 11.2. The van der Waals surface area contributed by atoms with E-state index in [1.807, 2.05) is 30.3 Å². The second-order valence-corrected chi connectivity index (χ2v) is 8.57. The van der Waals surface area contributed by atoms with E-state index in [9.17, 15) is 14.7 Å². The number of halogens is 1. The summed E-state index contributed by atoms with van der Waals surface area (Å²) in [7, 11) is 0. The molecule has 1 saturated heterocycles. The first-order valence-corrected chi connectivity index (χ1v) is 11.4. The molecule has 1 amide bonds. The molecule has 1 N–H and O–H groups in total. The first kappa shape index (κ1) is 22.0. The number of ketones is 1. The number of aliphatic hydroxyl groups excluding tert-OH is 1. The number of fused-ring (bicyclic) bond motifs is 1. The molecule has 3 aromatic rings. The number of hydrogen-bond donors (Lipinski definition) is 1. The van der Waals surface area contributed by atoms with Gasteiger partial charge in [0.05, 0.1) is 11.6 Å². The fraction of sp³-hybridized carbons (Fsp3) is 0.185. The van der Waals surface area contributed by atoms with Crippen LogP contribution in [0.3, 0.4) is 0 Å². The Bertz CT molecular complexity index is 1270. The lowest BCUT2D eigenvalue weighted by Crippen LogP contribution is -2.31. The standard InChI is InChI=1S/C27H22ClNO5/c28-20-9-6-18(7-10-20)24-23(25(30)19-8-11-21-22(16-19)34-15-14-33-21)26(31)27(32)29(24)13-12-17-4-2-1-3-5-17/h1-11,16,24,30H,12-15H2/t24-/m0/s1. The van der Waals surface area contributed by atoms with Gasteiger partial charge in [0.15, 0.2) is 11.5 Å². The molecule has 1 fully saturated rings. The van der Waals surface area contributed by atoms with Gasteiger partial charge in [0.2, 0.25) is 0 Å². The second-order valence-electron chi connectivity index (χ2n) is 8.14. The maximum atomic E-state index is 13.2. The van der Waals surface area contributed by atoms with Crippen molar-refractivity contribution in [3.63, 3.8) is 0 Å². The molecule has 34 heavy (non-hydrogen) atoms. The lowest BCUT2D eigenvalue weighted by atomic mass is 9.95. The summed E-state index contributed by atoms with van der Waals surface area (Å²) in [4.78, 5) is 27.8. The Morgan fingerprint density at radius 2 is 1.65 bits per heavy atom. The molecule has 2 heterocycles. The van der Waals surface area contributed by atoms with Gasteiger partial charge in [-0.05, 0) is 47.9 Å². The highest BCUT2D eigenvalue weighted by Gasteiger charge is 2.45. The van der Waals surface area contributed by atoms with Gasteiger partial charge in [0.25, 0.3) is 11.7 Å². The third-order valence-electron chi connectivity index (χ3n) is 6.03. The number of hydrogen-bond acceptors (Lipinski definition) is 5. The highest BCUT2D eigenvalue weighted by atomic mass is 35.5. The van der Waals surface area contributed by atoms with E-state index in [1.54, 1.807) is 42.5 Å². The zero-order valence-corrected chi connectivity index (χ0v) is 19.0. The first-order valence-electron chi connectivity index (χ1n) is 11.0. The molecular weight excluding hydrogens is 454 g/mol. The van der Waals surface area contributed by atoms with Gasteiger partial charge in [0, 0.05) is 17.1 Å². The summed E-state index contributed by atoms with van der Waals surface area (Å²) in [5.74, 6) is -0.565. The monoisotopic (exact) mass is 475 g/mol. The molecule has 0 bridgehead atoms. The molecule has 2 aliphatic heterocycles. The van der Waals surface area contributed by atoms with Crippen molar-refractivity contribution in [1.82, 2.24) is 4.90 Å². The molecular formula is C27H22ClNO5. The maximum Gasteiger partial charge on any atom is 0.295 e. The number of aliphatic hydroxyl groups is 1. The quantitative estimate of drug-likeness (QED) is 0.326. The van der Waals surface area contributed by atoms with Crippen molar-refractivity contribution in [2.24, 2.45) is 0 Å². The molecule has 0 radical (unpaired) electrons. The van der Waals surface area contributed by atoms with Gasteiger partial charge in [-0.3, -0.25) is 9.59 Å². The molecule has 172 valence electrons. The summed E-state index contributed by atoms with van der Waals surface area (Å²) in [5, 5.41) is 11.8. The van der Waals surface area contributed by atoms with Crippen molar-refractivity contribution in [2.45, 2.75) is 12.5 Å². The Labute approximate surface area is 202 Å². The Kier molecular flexibility index (Phi) is 5.99. The van der Waals surface area contributed by atoms with E-state index in [0.717, 1.165) is 5.56 Å². The Hall–Kier alpha value is -3.77. The van der Waals surface area contributed by atoms with E-state index < -0.39 is 17.7 Å². The van der Waals surface area contributed by atoms with Crippen molar-refractivity contribution in [3.8, 4) is 11.5 Å². The van der Waals surface area contributed by atoms with Crippen LogP contribution >= 0.6 is 11.6 Å². The minimum Gasteiger partial charge on any atom is -0.507 e. The van der Waals surface area contributed by atoms with E-state index >= 15 is 0 Å². The minimum absolute atomic E-state index is 0.0389. The first-order chi connectivity index (χ1) is 16.5. The molecule has 5 rings (SSSR count). The van der Waals surface area contributed by atoms with E-state index in [-0.39, 0.29) is 11.3 Å². The fourth-order valence-electron chi connectivity index (χ4n) is 4.34. The minimum atomic E-state index is -0.742. The van der Waals surface area contributed by atoms with Crippen molar-refractivity contribution in [2.75, 3.05) is 19.8 Å². The van der Waals surface area contributed by atoms with Crippen LogP contribution in [0, 0.1) is 0 Å². The zero-order chi connectivity index (χ0) is 23.7. The van der Waals surface area contributed by atoms with Crippen LogP contribution in [0.2, 0.25) is 5.02 Å². The van der Waals surface area contributed by atoms with Crippen LogP contribution in [-0.4, -0.2) is 41.5 Å². The predicted molar refractivity (Wildman–Crippen MR) is 128 cm³/mol. The zero-order valence-electron chi connectivity index (χ0n) is 18.2. The van der Waals surface area contributed by atoms with E-state index in [4.69, 9.17) is 21.1 Å².